The van der Waals surface area contributed by atoms with Crippen LogP contribution in [0.2, 0.25) is 0 Å². The van der Waals surface area contributed by atoms with Crippen LogP contribution in [0.3, 0.4) is 0 Å². The minimum Gasteiger partial charge on any atom is -0.310 e. The van der Waals surface area contributed by atoms with Gasteiger partial charge in [-0.25, -0.2) is 0 Å². The molecule has 1 aliphatic carbocycles. The third kappa shape index (κ3) is 4.32. The zero-order valence-corrected chi connectivity index (χ0v) is 15.5. The summed E-state index contributed by atoms with van der Waals surface area (Å²) in [5, 5.41) is 3.83. The van der Waals surface area contributed by atoms with Gasteiger partial charge in [-0.2, -0.15) is 0 Å². The van der Waals surface area contributed by atoms with Gasteiger partial charge in [-0.15, -0.1) is 0 Å². The van der Waals surface area contributed by atoms with Crippen LogP contribution in [0, 0.1) is 24.7 Å². The molecule has 0 aromatic heterocycles. The zero-order valence-electron chi connectivity index (χ0n) is 14.0. The second-order valence-corrected chi connectivity index (χ2v) is 7.88. The minimum atomic E-state index is 0.490. The quantitative estimate of drug-likeness (QED) is 0.699. The highest BCUT2D eigenvalue weighted by molar-refractivity contribution is 9.10. The molecule has 0 radical (unpaired) electrons. The molecule has 0 saturated heterocycles. The average molecular weight is 352 g/mol. The fourth-order valence-electron chi connectivity index (χ4n) is 4.02. The molecule has 1 aromatic carbocycles. The van der Waals surface area contributed by atoms with Crippen molar-refractivity contribution in [2.75, 3.05) is 6.54 Å². The molecule has 0 spiro atoms. The lowest BCUT2D eigenvalue weighted by molar-refractivity contribution is 0.176. The van der Waals surface area contributed by atoms with Crippen LogP contribution in [0.25, 0.3) is 0 Å². The highest BCUT2D eigenvalue weighted by Crippen LogP contribution is 2.41. The summed E-state index contributed by atoms with van der Waals surface area (Å²) in [6.45, 7) is 10.4. The number of hydrogen-bond acceptors (Lipinski definition) is 1. The molecule has 1 aromatic rings. The summed E-state index contributed by atoms with van der Waals surface area (Å²) < 4.78 is 1.30. The number of aryl methyl sites for hydroxylation is 1. The van der Waals surface area contributed by atoms with E-state index in [9.17, 15) is 0 Å². The van der Waals surface area contributed by atoms with Crippen molar-refractivity contribution >= 4 is 15.9 Å². The van der Waals surface area contributed by atoms with Crippen molar-refractivity contribution in [2.24, 2.45) is 17.8 Å². The van der Waals surface area contributed by atoms with Gasteiger partial charge in [0.15, 0.2) is 0 Å². The Balaban J connectivity index is 2.27. The van der Waals surface area contributed by atoms with Gasteiger partial charge in [0.2, 0.25) is 0 Å². The smallest absolute Gasteiger partial charge is 0.0360 e. The van der Waals surface area contributed by atoms with Crippen molar-refractivity contribution in [1.29, 1.82) is 0 Å². The number of nitrogens with one attached hydrogen (secondary N) is 1. The van der Waals surface area contributed by atoms with Crippen molar-refractivity contribution in [3.05, 3.63) is 33.8 Å². The van der Waals surface area contributed by atoms with Crippen molar-refractivity contribution in [1.82, 2.24) is 5.32 Å². The van der Waals surface area contributed by atoms with Gasteiger partial charge in [0.1, 0.15) is 0 Å². The number of rotatable bonds is 5. The molecular formula is C19H30BrN. The highest BCUT2D eigenvalue weighted by Gasteiger charge is 2.31. The Morgan fingerprint density at radius 1 is 1.19 bits per heavy atom. The van der Waals surface area contributed by atoms with E-state index in [1.165, 1.54) is 41.3 Å². The van der Waals surface area contributed by atoms with Gasteiger partial charge in [-0.05, 0) is 68.0 Å². The number of hydrogen-bond donors (Lipinski definition) is 1. The highest BCUT2D eigenvalue weighted by atomic mass is 79.9. The summed E-state index contributed by atoms with van der Waals surface area (Å²) in [4.78, 5) is 0. The minimum absolute atomic E-state index is 0.490. The molecule has 1 aliphatic rings. The van der Waals surface area contributed by atoms with Crippen LogP contribution in [0.15, 0.2) is 22.7 Å². The summed E-state index contributed by atoms with van der Waals surface area (Å²) in [7, 11) is 0. The normalized spacial score (nSPS) is 27.6. The van der Waals surface area contributed by atoms with Gasteiger partial charge >= 0.3 is 0 Å². The van der Waals surface area contributed by atoms with Gasteiger partial charge in [0.05, 0.1) is 0 Å². The van der Waals surface area contributed by atoms with Crippen LogP contribution in [0.5, 0.6) is 0 Å². The number of halogens is 1. The first-order valence-corrected chi connectivity index (χ1v) is 9.30. The van der Waals surface area contributed by atoms with Gasteiger partial charge in [0, 0.05) is 10.5 Å². The van der Waals surface area contributed by atoms with Gasteiger partial charge in [-0.3, -0.25) is 0 Å². The molecular weight excluding hydrogens is 322 g/mol. The molecule has 3 atom stereocenters. The van der Waals surface area contributed by atoms with Crippen LogP contribution < -0.4 is 5.32 Å². The van der Waals surface area contributed by atoms with Crippen molar-refractivity contribution < 1.29 is 0 Å². The first-order chi connectivity index (χ1) is 10.0. The van der Waals surface area contributed by atoms with E-state index in [1.807, 2.05) is 0 Å². The van der Waals surface area contributed by atoms with Crippen LogP contribution in [0.1, 0.15) is 63.6 Å². The third-order valence-corrected chi connectivity index (χ3v) is 5.94. The first-order valence-electron chi connectivity index (χ1n) is 8.51. The summed E-state index contributed by atoms with van der Waals surface area (Å²) >= 11 is 3.83. The predicted octanol–water partition coefficient (Wildman–Crippen LogP) is 5.87. The zero-order chi connectivity index (χ0) is 15.4. The molecule has 118 valence electrons. The maximum Gasteiger partial charge on any atom is 0.0360 e. The largest absolute Gasteiger partial charge is 0.310 e. The summed E-state index contributed by atoms with van der Waals surface area (Å²) in [5.41, 5.74) is 2.79. The van der Waals surface area contributed by atoms with Crippen molar-refractivity contribution in [3.63, 3.8) is 0 Å². The Morgan fingerprint density at radius 3 is 2.48 bits per heavy atom. The maximum atomic E-state index is 3.83. The second-order valence-electron chi connectivity index (χ2n) is 7.09. The van der Waals surface area contributed by atoms with Crippen LogP contribution >= 0.6 is 15.9 Å². The molecule has 0 bridgehead atoms. The monoisotopic (exact) mass is 351 g/mol. The van der Waals surface area contributed by atoms with E-state index in [2.05, 4.69) is 67.1 Å². The van der Waals surface area contributed by atoms with Gasteiger partial charge in [0.25, 0.3) is 0 Å². The standard InChI is InChI=1S/C19H30BrN/c1-5-9-21-19(16-11-13(2)10-14(3)12-16)17-8-6-7-15(4)18(17)20/h6-8,13-14,16,19,21H,5,9-12H2,1-4H3. The lowest BCUT2D eigenvalue weighted by atomic mass is 9.72. The van der Waals surface area contributed by atoms with E-state index < -0.39 is 0 Å². The van der Waals surface area contributed by atoms with Gasteiger partial charge in [-0.1, -0.05) is 54.9 Å². The Kier molecular flexibility index (Phi) is 6.31. The lowest BCUT2D eigenvalue weighted by Crippen LogP contribution is -2.34. The van der Waals surface area contributed by atoms with Crippen LogP contribution in [0.4, 0.5) is 0 Å². The Labute approximate surface area is 139 Å². The third-order valence-electron chi connectivity index (χ3n) is 4.86. The Bertz CT molecular complexity index is 447. The van der Waals surface area contributed by atoms with E-state index in [0.717, 1.165) is 24.3 Å². The fourth-order valence-corrected chi connectivity index (χ4v) is 4.53. The van der Waals surface area contributed by atoms with Crippen molar-refractivity contribution in [3.8, 4) is 0 Å². The van der Waals surface area contributed by atoms with Crippen LogP contribution in [-0.2, 0) is 0 Å². The molecule has 2 rings (SSSR count). The van der Waals surface area contributed by atoms with Crippen LogP contribution in [-0.4, -0.2) is 6.54 Å². The van der Waals surface area contributed by atoms with E-state index in [0.29, 0.717) is 6.04 Å². The van der Waals surface area contributed by atoms with Crippen molar-refractivity contribution in [2.45, 2.75) is 59.4 Å². The summed E-state index contributed by atoms with van der Waals surface area (Å²) in [5.74, 6) is 2.47. The van der Waals surface area contributed by atoms with E-state index in [4.69, 9.17) is 0 Å². The second kappa shape index (κ2) is 7.78. The molecule has 1 N–H and O–H groups in total. The SMILES string of the molecule is CCCNC(c1cccc(C)c1Br)C1CC(C)CC(C)C1. The molecule has 2 heteroatoms. The van der Waals surface area contributed by atoms with E-state index in [1.54, 1.807) is 0 Å². The Morgan fingerprint density at radius 2 is 1.86 bits per heavy atom. The molecule has 0 aliphatic heterocycles. The first kappa shape index (κ1) is 17.0. The molecule has 1 saturated carbocycles. The fraction of sp³-hybridized carbons (Fsp3) is 0.684. The Hall–Kier alpha value is -0.340. The molecule has 0 amide bonds. The molecule has 1 fully saturated rings. The molecule has 0 heterocycles. The van der Waals surface area contributed by atoms with E-state index in [-0.39, 0.29) is 0 Å². The maximum absolute atomic E-state index is 3.83. The topological polar surface area (TPSA) is 12.0 Å². The van der Waals surface area contributed by atoms with Gasteiger partial charge < -0.3 is 5.32 Å². The number of benzene rings is 1. The summed E-state index contributed by atoms with van der Waals surface area (Å²) in [6, 6.07) is 7.18. The average Bonchev–Trinajstić information content (AvgIpc) is 2.42. The molecule has 21 heavy (non-hydrogen) atoms. The molecule has 1 nitrogen and oxygen atoms in total. The molecule has 3 unspecified atom stereocenters. The lowest BCUT2D eigenvalue weighted by Gasteiger charge is -2.37. The predicted molar refractivity (Wildman–Crippen MR) is 95.6 cm³/mol. The van der Waals surface area contributed by atoms with E-state index >= 15 is 0 Å². The summed E-state index contributed by atoms with van der Waals surface area (Å²) in [6.07, 6.45) is 5.29.